The zero-order valence-corrected chi connectivity index (χ0v) is 15.6. The Hall–Kier alpha value is -3.42. The van der Waals surface area contributed by atoms with Crippen LogP contribution in [-0.2, 0) is 6.42 Å². The molecule has 8 heteroatoms. The summed E-state index contributed by atoms with van der Waals surface area (Å²) in [6.45, 7) is 0. The van der Waals surface area contributed by atoms with Crippen LogP contribution in [0, 0.1) is 0 Å². The second-order valence-corrected chi connectivity index (χ2v) is 5.72. The number of rotatable bonds is 7. The quantitative estimate of drug-likeness (QED) is 0.659. The third-order valence-electron chi connectivity index (χ3n) is 4.17. The molecule has 0 saturated carbocycles. The molecule has 0 amide bonds. The van der Waals surface area contributed by atoms with E-state index >= 15 is 0 Å². The van der Waals surface area contributed by atoms with Gasteiger partial charge in [-0.3, -0.25) is 0 Å². The van der Waals surface area contributed by atoms with Crippen LogP contribution in [0.4, 0.5) is 0 Å². The highest BCUT2D eigenvalue weighted by molar-refractivity contribution is 5.66. The van der Waals surface area contributed by atoms with E-state index in [1.54, 1.807) is 33.5 Å². The Morgan fingerprint density at radius 1 is 0.852 bits per heavy atom. The molecule has 3 rings (SSSR count). The fraction of sp³-hybridized carbons (Fsp3) is 0.263. The zero-order valence-electron chi connectivity index (χ0n) is 15.6. The highest BCUT2D eigenvalue weighted by atomic mass is 16.5. The summed E-state index contributed by atoms with van der Waals surface area (Å²) in [7, 11) is 6.21. The predicted molar refractivity (Wildman–Crippen MR) is 98.9 cm³/mol. The Labute approximate surface area is 156 Å². The molecule has 0 spiro atoms. The van der Waals surface area contributed by atoms with Gasteiger partial charge in [-0.15, -0.1) is 0 Å². The summed E-state index contributed by atoms with van der Waals surface area (Å²) in [4.78, 5) is 0. The molecule has 2 aromatic carbocycles. The topological polar surface area (TPSA) is 98.7 Å². The molecule has 0 aliphatic carbocycles. The van der Waals surface area contributed by atoms with Crippen LogP contribution in [0.2, 0.25) is 0 Å². The van der Waals surface area contributed by atoms with Crippen molar-refractivity contribution in [1.82, 2.24) is 15.4 Å². The Kier molecular flexibility index (Phi) is 5.35. The van der Waals surface area contributed by atoms with Crippen LogP contribution in [0.3, 0.4) is 0 Å². The second kappa shape index (κ2) is 7.86. The number of hydrogen-bond acceptors (Lipinski definition) is 7. The van der Waals surface area contributed by atoms with Crippen LogP contribution in [0.1, 0.15) is 11.3 Å². The second-order valence-electron chi connectivity index (χ2n) is 5.72. The van der Waals surface area contributed by atoms with E-state index in [1.165, 1.54) is 7.11 Å². The van der Waals surface area contributed by atoms with Crippen LogP contribution in [-0.4, -0.2) is 49.0 Å². The fourth-order valence-corrected chi connectivity index (χ4v) is 2.88. The molecule has 0 aliphatic heterocycles. The van der Waals surface area contributed by atoms with Crippen LogP contribution >= 0.6 is 0 Å². The van der Waals surface area contributed by atoms with Crippen molar-refractivity contribution in [2.24, 2.45) is 0 Å². The smallest absolute Gasteiger partial charge is 0.203 e. The summed E-state index contributed by atoms with van der Waals surface area (Å²) in [6.07, 6.45) is 0.481. The van der Waals surface area contributed by atoms with Gasteiger partial charge in [-0.05, 0) is 35.9 Å². The van der Waals surface area contributed by atoms with Crippen LogP contribution in [0.25, 0.3) is 11.3 Å². The average molecular weight is 371 g/mol. The van der Waals surface area contributed by atoms with E-state index in [0.29, 0.717) is 40.8 Å². The van der Waals surface area contributed by atoms with Gasteiger partial charge in [0, 0.05) is 12.0 Å². The number of phenolic OH excluding ortho intramolecular Hbond substituents is 1. The third-order valence-corrected chi connectivity index (χ3v) is 4.17. The van der Waals surface area contributed by atoms with Crippen LogP contribution < -0.4 is 18.9 Å². The normalized spacial score (nSPS) is 10.5. The van der Waals surface area contributed by atoms with Crippen molar-refractivity contribution in [1.29, 1.82) is 0 Å². The molecule has 0 fully saturated rings. The first-order valence-corrected chi connectivity index (χ1v) is 8.17. The van der Waals surface area contributed by atoms with Gasteiger partial charge in [0.1, 0.15) is 5.69 Å². The van der Waals surface area contributed by atoms with Crippen molar-refractivity contribution in [3.63, 3.8) is 0 Å². The minimum absolute atomic E-state index is 0.0386. The maximum Gasteiger partial charge on any atom is 0.203 e. The number of phenols is 1. The standard InChI is InChI=1S/C19H21N3O5/c1-24-15-6-5-12(10-14(15)23)18-13(20-22-21-18)7-11-8-16(25-2)19(27-4)17(9-11)26-3/h5-6,8-10,23H,7H2,1-4H3,(H,20,21,22). The first-order valence-electron chi connectivity index (χ1n) is 8.17. The number of methoxy groups -OCH3 is 4. The summed E-state index contributed by atoms with van der Waals surface area (Å²) >= 11 is 0. The van der Waals surface area contributed by atoms with Gasteiger partial charge in [0.05, 0.1) is 34.1 Å². The molecule has 0 radical (unpaired) electrons. The number of ether oxygens (including phenoxy) is 4. The highest BCUT2D eigenvalue weighted by Gasteiger charge is 2.17. The van der Waals surface area contributed by atoms with Gasteiger partial charge in [0.25, 0.3) is 0 Å². The molecule has 1 heterocycles. The largest absolute Gasteiger partial charge is 0.504 e. The number of aromatic nitrogens is 3. The molecule has 0 atom stereocenters. The SMILES string of the molecule is COc1ccc(-c2n[nH]nc2Cc2cc(OC)c(OC)c(OC)c2)cc1O. The molecule has 0 aliphatic rings. The van der Waals surface area contributed by atoms with Crippen molar-refractivity contribution in [2.45, 2.75) is 6.42 Å². The van der Waals surface area contributed by atoms with E-state index in [-0.39, 0.29) is 5.75 Å². The fourth-order valence-electron chi connectivity index (χ4n) is 2.88. The molecule has 0 unspecified atom stereocenters. The molecule has 1 aromatic heterocycles. The zero-order chi connectivity index (χ0) is 19.4. The van der Waals surface area contributed by atoms with Gasteiger partial charge in [0.15, 0.2) is 23.0 Å². The minimum atomic E-state index is 0.0386. The number of nitrogens with one attached hydrogen (secondary N) is 1. The molecule has 27 heavy (non-hydrogen) atoms. The molecule has 142 valence electrons. The Bertz CT molecular complexity index is 914. The van der Waals surface area contributed by atoms with Crippen molar-refractivity contribution in [3.05, 3.63) is 41.6 Å². The third kappa shape index (κ3) is 3.59. The van der Waals surface area contributed by atoms with Gasteiger partial charge in [-0.1, -0.05) is 0 Å². The number of aromatic amines is 1. The van der Waals surface area contributed by atoms with E-state index in [9.17, 15) is 5.11 Å². The summed E-state index contributed by atoms with van der Waals surface area (Å²) in [5.41, 5.74) is 3.00. The number of nitrogens with zero attached hydrogens (tertiary/aromatic N) is 2. The van der Waals surface area contributed by atoms with E-state index in [0.717, 1.165) is 11.1 Å². The number of benzene rings is 2. The molecular formula is C19H21N3O5. The molecule has 0 bridgehead atoms. The van der Waals surface area contributed by atoms with E-state index in [4.69, 9.17) is 18.9 Å². The lowest BCUT2D eigenvalue weighted by Crippen LogP contribution is -1.98. The minimum Gasteiger partial charge on any atom is -0.504 e. The van der Waals surface area contributed by atoms with Crippen molar-refractivity contribution >= 4 is 0 Å². The molecule has 3 aromatic rings. The van der Waals surface area contributed by atoms with Gasteiger partial charge < -0.3 is 24.1 Å². The maximum atomic E-state index is 10.0. The van der Waals surface area contributed by atoms with Crippen molar-refractivity contribution in [2.75, 3.05) is 28.4 Å². The lowest BCUT2D eigenvalue weighted by molar-refractivity contribution is 0.324. The molecule has 8 nitrogen and oxygen atoms in total. The first-order chi connectivity index (χ1) is 13.1. The lowest BCUT2D eigenvalue weighted by Gasteiger charge is -2.14. The van der Waals surface area contributed by atoms with Gasteiger partial charge >= 0.3 is 0 Å². The van der Waals surface area contributed by atoms with E-state index in [2.05, 4.69) is 15.4 Å². The lowest BCUT2D eigenvalue weighted by atomic mass is 10.0. The average Bonchev–Trinajstić information content (AvgIpc) is 3.15. The van der Waals surface area contributed by atoms with Gasteiger partial charge in [0.2, 0.25) is 5.75 Å². The number of hydrogen-bond donors (Lipinski definition) is 2. The summed E-state index contributed by atoms with van der Waals surface area (Å²) in [5.74, 6) is 2.10. The maximum absolute atomic E-state index is 10.0. The summed E-state index contributed by atoms with van der Waals surface area (Å²) in [6, 6.07) is 8.82. The Morgan fingerprint density at radius 2 is 1.52 bits per heavy atom. The van der Waals surface area contributed by atoms with Crippen molar-refractivity contribution < 1.29 is 24.1 Å². The predicted octanol–water partition coefficient (Wildman–Crippen LogP) is 2.80. The summed E-state index contributed by atoms with van der Waals surface area (Å²) < 4.78 is 21.2. The number of H-pyrrole nitrogens is 1. The Balaban J connectivity index is 1.97. The number of aromatic hydroxyl groups is 1. The molecular weight excluding hydrogens is 350 g/mol. The van der Waals surface area contributed by atoms with Crippen LogP contribution in [0.15, 0.2) is 30.3 Å². The Morgan fingerprint density at radius 3 is 2.07 bits per heavy atom. The van der Waals surface area contributed by atoms with E-state index < -0.39 is 0 Å². The van der Waals surface area contributed by atoms with E-state index in [1.807, 2.05) is 18.2 Å². The van der Waals surface area contributed by atoms with Crippen LogP contribution in [0.5, 0.6) is 28.7 Å². The monoisotopic (exact) mass is 371 g/mol. The summed E-state index contributed by atoms with van der Waals surface area (Å²) in [5, 5.41) is 21.2. The van der Waals surface area contributed by atoms with Crippen molar-refractivity contribution in [3.8, 4) is 40.0 Å². The van der Waals surface area contributed by atoms with Gasteiger partial charge in [-0.2, -0.15) is 15.4 Å². The first kappa shape index (κ1) is 18.4. The molecule has 0 saturated heterocycles. The molecule has 2 N–H and O–H groups in total. The van der Waals surface area contributed by atoms with Gasteiger partial charge in [-0.25, -0.2) is 0 Å². The highest BCUT2D eigenvalue weighted by Crippen LogP contribution is 2.39.